The van der Waals surface area contributed by atoms with Crippen molar-refractivity contribution in [1.29, 1.82) is 0 Å². The fourth-order valence-electron chi connectivity index (χ4n) is 1.32. The zero-order valence-corrected chi connectivity index (χ0v) is 11.9. The Bertz CT molecular complexity index is 350. The Morgan fingerprint density at radius 2 is 1.76 bits per heavy atom. The Kier molecular flexibility index (Phi) is 4.31. The minimum absolute atomic E-state index is 0.0251. The van der Waals surface area contributed by atoms with E-state index in [9.17, 15) is 0 Å². The van der Waals surface area contributed by atoms with Crippen LogP contribution in [-0.2, 0) is 11.8 Å². The van der Waals surface area contributed by atoms with Crippen molar-refractivity contribution in [2.75, 3.05) is 6.54 Å². The average molecular weight is 239 g/mol. The Balaban J connectivity index is 2.52. The van der Waals surface area contributed by atoms with Gasteiger partial charge in [-0.3, -0.25) is 0 Å². The second-order valence-electron chi connectivity index (χ2n) is 6.17. The topological polar surface area (TPSA) is 51.0 Å². The van der Waals surface area contributed by atoms with Gasteiger partial charge in [0.2, 0.25) is 11.8 Å². The highest BCUT2D eigenvalue weighted by Crippen LogP contribution is 2.25. The summed E-state index contributed by atoms with van der Waals surface area (Å²) in [5.41, 5.74) is 0.105. The molecule has 1 heterocycles. The largest absolute Gasteiger partial charge is 0.425 e. The lowest BCUT2D eigenvalue weighted by molar-refractivity contribution is 0.339. The highest BCUT2D eigenvalue weighted by molar-refractivity contribution is 4.98. The summed E-state index contributed by atoms with van der Waals surface area (Å²) in [7, 11) is 0. The van der Waals surface area contributed by atoms with Gasteiger partial charge in [-0.2, -0.15) is 0 Å². The predicted octanol–water partition coefficient (Wildman–Crippen LogP) is 2.69. The molecule has 1 aromatic rings. The highest BCUT2D eigenvalue weighted by atomic mass is 16.4. The standard InChI is InChI=1S/C13H25N3O/c1-7-13(5,6)11-16-15-10(17-11)8-9-14-12(2,3)4/h14H,7-9H2,1-6H3. The minimum Gasteiger partial charge on any atom is -0.425 e. The molecule has 1 rings (SSSR count). The molecule has 0 aromatic carbocycles. The molecule has 4 nitrogen and oxygen atoms in total. The molecule has 17 heavy (non-hydrogen) atoms. The van der Waals surface area contributed by atoms with E-state index in [1.807, 2.05) is 0 Å². The third-order valence-electron chi connectivity index (χ3n) is 2.92. The molecule has 0 aliphatic rings. The van der Waals surface area contributed by atoms with Crippen molar-refractivity contribution in [2.24, 2.45) is 0 Å². The molecule has 0 unspecified atom stereocenters. The van der Waals surface area contributed by atoms with E-state index in [1.165, 1.54) is 0 Å². The van der Waals surface area contributed by atoms with Crippen molar-refractivity contribution in [3.63, 3.8) is 0 Å². The summed E-state index contributed by atoms with van der Waals surface area (Å²) in [4.78, 5) is 0. The molecule has 98 valence electrons. The second-order valence-corrected chi connectivity index (χ2v) is 6.17. The summed E-state index contributed by atoms with van der Waals surface area (Å²) in [5.74, 6) is 1.46. The second kappa shape index (κ2) is 5.17. The van der Waals surface area contributed by atoms with Gasteiger partial charge in [-0.25, -0.2) is 0 Å². The van der Waals surface area contributed by atoms with Gasteiger partial charge in [0.15, 0.2) is 0 Å². The maximum atomic E-state index is 5.69. The Labute approximate surface area is 104 Å². The van der Waals surface area contributed by atoms with E-state index in [4.69, 9.17) is 4.42 Å². The Hall–Kier alpha value is -0.900. The minimum atomic E-state index is -0.0251. The average Bonchev–Trinajstić information content (AvgIpc) is 2.65. The number of hydrogen-bond donors (Lipinski definition) is 1. The van der Waals surface area contributed by atoms with Crippen molar-refractivity contribution in [2.45, 2.75) is 65.3 Å². The number of nitrogens with one attached hydrogen (secondary N) is 1. The molecule has 0 bridgehead atoms. The lowest BCUT2D eigenvalue weighted by atomic mass is 9.90. The van der Waals surface area contributed by atoms with Crippen molar-refractivity contribution < 1.29 is 4.42 Å². The van der Waals surface area contributed by atoms with Crippen LogP contribution in [0.5, 0.6) is 0 Å². The first-order valence-corrected chi connectivity index (χ1v) is 6.32. The van der Waals surface area contributed by atoms with Crippen molar-refractivity contribution in [3.8, 4) is 0 Å². The predicted molar refractivity (Wildman–Crippen MR) is 69.1 cm³/mol. The molecule has 0 radical (unpaired) electrons. The van der Waals surface area contributed by atoms with Crippen LogP contribution in [0.2, 0.25) is 0 Å². The van der Waals surface area contributed by atoms with Gasteiger partial charge in [-0.05, 0) is 27.2 Å². The number of aromatic nitrogens is 2. The number of rotatable bonds is 5. The van der Waals surface area contributed by atoms with E-state index in [1.54, 1.807) is 0 Å². The fraction of sp³-hybridized carbons (Fsp3) is 0.846. The summed E-state index contributed by atoms with van der Waals surface area (Å²) in [5, 5.41) is 11.6. The smallest absolute Gasteiger partial charge is 0.222 e. The fourth-order valence-corrected chi connectivity index (χ4v) is 1.32. The van der Waals surface area contributed by atoms with E-state index in [-0.39, 0.29) is 11.0 Å². The van der Waals surface area contributed by atoms with E-state index in [0.717, 1.165) is 31.2 Å². The molecular weight excluding hydrogens is 214 g/mol. The van der Waals surface area contributed by atoms with E-state index in [2.05, 4.69) is 57.1 Å². The summed E-state index contributed by atoms with van der Waals surface area (Å²) in [6, 6.07) is 0. The van der Waals surface area contributed by atoms with Crippen LogP contribution in [0.15, 0.2) is 4.42 Å². The molecule has 0 saturated heterocycles. The van der Waals surface area contributed by atoms with E-state index >= 15 is 0 Å². The molecule has 1 aromatic heterocycles. The van der Waals surface area contributed by atoms with Gasteiger partial charge in [0.25, 0.3) is 0 Å². The Morgan fingerprint density at radius 3 is 2.29 bits per heavy atom. The van der Waals surface area contributed by atoms with Gasteiger partial charge >= 0.3 is 0 Å². The van der Waals surface area contributed by atoms with E-state index < -0.39 is 0 Å². The molecule has 0 aliphatic heterocycles. The highest BCUT2D eigenvalue weighted by Gasteiger charge is 2.25. The lowest BCUT2D eigenvalue weighted by Gasteiger charge is -2.19. The molecule has 0 saturated carbocycles. The van der Waals surface area contributed by atoms with Gasteiger partial charge in [0.1, 0.15) is 0 Å². The van der Waals surface area contributed by atoms with Gasteiger partial charge in [0.05, 0.1) is 0 Å². The number of hydrogen-bond acceptors (Lipinski definition) is 4. The Morgan fingerprint density at radius 1 is 1.12 bits per heavy atom. The lowest BCUT2D eigenvalue weighted by Crippen LogP contribution is -2.37. The SMILES string of the molecule is CCC(C)(C)c1nnc(CCNC(C)(C)C)o1. The van der Waals surface area contributed by atoms with Crippen LogP contribution in [0.25, 0.3) is 0 Å². The van der Waals surface area contributed by atoms with Gasteiger partial charge in [-0.15, -0.1) is 10.2 Å². The molecule has 0 spiro atoms. The first-order chi connectivity index (χ1) is 7.74. The summed E-state index contributed by atoms with van der Waals surface area (Å²) in [6.07, 6.45) is 1.78. The molecule has 0 amide bonds. The zero-order valence-electron chi connectivity index (χ0n) is 11.9. The van der Waals surface area contributed by atoms with Crippen molar-refractivity contribution >= 4 is 0 Å². The summed E-state index contributed by atoms with van der Waals surface area (Å²) < 4.78 is 5.69. The van der Waals surface area contributed by atoms with Crippen LogP contribution >= 0.6 is 0 Å². The first kappa shape index (κ1) is 14.2. The van der Waals surface area contributed by atoms with Crippen LogP contribution < -0.4 is 5.32 Å². The van der Waals surface area contributed by atoms with Gasteiger partial charge in [0, 0.05) is 23.9 Å². The molecule has 1 N–H and O–H groups in total. The van der Waals surface area contributed by atoms with Gasteiger partial charge in [-0.1, -0.05) is 20.8 Å². The molecule has 0 atom stereocenters. The van der Waals surface area contributed by atoms with Crippen LogP contribution in [0.3, 0.4) is 0 Å². The van der Waals surface area contributed by atoms with Crippen molar-refractivity contribution in [3.05, 3.63) is 11.8 Å². The summed E-state index contributed by atoms with van der Waals surface area (Å²) in [6.45, 7) is 13.7. The molecular formula is C13H25N3O. The molecule has 0 fully saturated rings. The van der Waals surface area contributed by atoms with Crippen LogP contribution in [0, 0.1) is 0 Å². The van der Waals surface area contributed by atoms with E-state index in [0.29, 0.717) is 0 Å². The quantitative estimate of drug-likeness (QED) is 0.858. The third kappa shape index (κ3) is 4.46. The molecule has 0 aliphatic carbocycles. The van der Waals surface area contributed by atoms with Crippen LogP contribution in [0.4, 0.5) is 0 Å². The number of nitrogens with zero attached hydrogens (tertiary/aromatic N) is 2. The van der Waals surface area contributed by atoms with Crippen molar-refractivity contribution in [1.82, 2.24) is 15.5 Å². The monoisotopic (exact) mass is 239 g/mol. The maximum absolute atomic E-state index is 5.69. The van der Waals surface area contributed by atoms with Crippen LogP contribution in [-0.4, -0.2) is 22.3 Å². The first-order valence-electron chi connectivity index (χ1n) is 6.32. The summed E-state index contributed by atoms with van der Waals surface area (Å²) >= 11 is 0. The van der Waals surface area contributed by atoms with Crippen LogP contribution in [0.1, 0.15) is 59.7 Å². The van der Waals surface area contributed by atoms with Gasteiger partial charge < -0.3 is 9.73 Å². The molecule has 4 heteroatoms. The normalized spacial score (nSPS) is 13.1. The zero-order chi connectivity index (χ0) is 13.1. The maximum Gasteiger partial charge on any atom is 0.222 e. The third-order valence-corrected chi connectivity index (χ3v) is 2.92.